The first-order valence-corrected chi connectivity index (χ1v) is 12.8. The summed E-state index contributed by atoms with van der Waals surface area (Å²) in [6.07, 6.45) is -2.89. The van der Waals surface area contributed by atoms with E-state index in [0.717, 1.165) is 9.87 Å². The van der Waals surface area contributed by atoms with E-state index in [4.69, 9.17) is 24.7 Å². The van der Waals surface area contributed by atoms with Crippen LogP contribution in [0.15, 0.2) is 66.4 Å². The number of ether oxygens (including phenoxy) is 4. The van der Waals surface area contributed by atoms with Crippen LogP contribution in [0.5, 0.6) is 0 Å². The van der Waals surface area contributed by atoms with Gasteiger partial charge in [-0.2, -0.15) is 0 Å². The van der Waals surface area contributed by atoms with Gasteiger partial charge in [0.1, 0.15) is 17.1 Å². The molecule has 2 fully saturated rings. The fraction of sp³-hybridized carbons (Fsp3) is 0.400. The highest BCUT2D eigenvalue weighted by Crippen LogP contribution is 2.55. The quantitative estimate of drug-likeness (QED) is 0.665. The monoisotopic (exact) mass is 500 g/mol. The van der Waals surface area contributed by atoms with Crippen LogP contribution in [-0.2, 0) is 40.4 Å². The summed E-state index contributed by atoms with van der Waals surface area (Å²) in [5.74, 6) is -1.77. The summed E-state index contributed by atoms with van der Waals surface area (Å²) < 4.78 is 52.8. The van der Waals surface area contributed by atoms with Crippen molar-refractivity contribution in [3.8, 4) is 0 Å². The molecule has 35 heavy (non-hydrogen) atoms. The fourth-order valence-electron chi connectivity index (χ4n) is 5.22. The molecule has 0 unspecified atom stereocenters. The molecule has 10 heteroatoms. The zero-order valence-electron chi connectivity index (χ0n) is 19.7. The first kappa shape index (κ1) is 24.0. The van der Waals surface area contributed by atoms with Crippen LogP contribution in [0.1, 0.15) is 31.9 Å². The number of amides is 1. The third-order valence-electron chi connectivity index (χ3n) is 6.49. The van der Waals surface area contributed by atoms with Gasteiger partial charge < -0.3 is 24.7 Å². The van der Waals surface area contributed by atoms with Crippen LogP contribution in [0.2, 0.25) is 0 Å². The molecule has 186 valence electrons. The Hall–Kier alpha value is -2.76. The van der Waals surface area contributed by atoms with Gasteiger partial charge in [0.05, 0.1) is 18.9 Å². The number of hydrogen-bond donors (Lipinski definition) is 1. The normalized spacial score (nSPS) is 30.7. The van der Waals surface area contributed by atoms with E-state index in [-0.39, 0.29) is 23.8 Å². The van der Waals surface area contributed by atoms with Crippen molar-refractivity contribution >= 4 is 20.8 Å². The first-order chi connectivity index (χ1) is 16.6. The Balaban J connectivity index is 1.62. The highest BCUT2D eigenvalue weighted by atomic mass is 32.2. The van der Waals surface area contributed by atoms with E-state index in [1.807, 2.05) is 30.3 Å². The number of carbonyl (C=O) groups is 1. The van der Waals surface area contributed by atoms with Gasteiger partial charge in [0.15, 0.2) is 17.6 Å². The molecule has 2 aromatic carbocycles. The van der Waals surface area contributed by atoms with E-state index in [1.54, 1.807) is 44.2 Å². The minimum Gasteiger partial charge on any atom is -0.399 e. The van der Waals surface area contributed by atoms with Gasteiger partial charge in [-0.3, -0.25) is 4.79 Å². The van der Waals surface area contributed by atoms with Crippen LogP contribution in [0.3, 0.4) is 0 Å². The van der Waals surface area contributed by atoms with Crippen LogP contribution in [0.4, 0.5) is 0 Å². The molecule has 0 saturated carbocycles. The smallest absolute Gasteiger partial charge is 0.269 e. The topological polar surface area (TPSA) is 117 Å². The lowest BCUT2D eigenvalue weighted by atomic mass is 9.83. The molecule has 0 aromatic heterocycles. The second kappa shape index (κ2) is 8.42. The largest absolute Gasteiger partial charge is 0.399 e. The fourth-order valence-corrected chi connectivity index (χ4v) is 7.33. The van der Waals surface area contributed by atoms with Crippen LogP contribution in [0.25, 0.3) is 4.91 Å². The summed E-state index contributed by atoms with van der Waals surface area (Å²) in [7, 11) is -4.34. The lowest BCUT2D eigenvalue weighted by molar-refractivity contribution is -0.220. The van der Waals surface area contributed by atoms with E-state index in [9.17, 15) is 13.2 Å². The predicted molar refractivity (Wildman–Crippen MR) is 127 cm³/mol. The Bertz CT molecular complexity index is 1260. The molecule has 3 heterocycles. The highest BCUT2D eigenvalue weighted by Gasteiger charge is 2.74. The van der Waals surface area contributed by atoms with Gasteiger partial charge in [0.25, 0.3) is 10.0 Å². The number of sulfonamides is 1. The van der Waals surface area contributed by atoms with Gasteiger partial charge in [0, 0.05) is 6.92 Å². The second-order valence-corrected chi connectivity index (χ2v) is 11.0. The highest BCUT2D eigenvalue weighted by molar-refractivity contribution is 7.99. The number of rotatable bonds is 5. The van der Waals surface area contributed by atoms with Gasteiger partial charge in [-0.15, -0.1) is 0 Å². The molecule has 0 aliphatic carbocycles. The Labute approximate surface area is 204 Å². The number of fused-ring (bicyclic) bond motifs is 2. The van der Waals surface area contributed by atoms with Crippen molar-refractivity contribution in [1.29, 1.82) is 0 Å². The zero-order valence-corrected chi connectivity index (χ0v) is 20.5. The van der Waals surface area contributed by atoms with E-state index >= 15 is 0 Å². The zero-order chi connectivity index (χ0) is 25.0. The number of benzene rings is 2. The summed E-state index contributed by atoms with van der Waals surface area (Å²) in [5.41, 5.74) is 6.31. The van der Waals surface area contributed by atoms with Crippen LogP contribution >= 0.6 is 0 Å². The van der Waals surface area contributed by atoms with Crippen molar-refractivity contribution in [2.75, 3.05) is 6.61 Å². The molecule has 2 N–H and O–H groups in total. The van der Waals surface area contributed by atoms with E-state index in [0.29, 0.717) is 5.56 Å². The Morgan fingerprint density at radius 1 is 1.06 bits per heavy atom. The molecular formula is C25H28N2O7S. The van der Waals surface area contributed by atoms with Gasteiger partial charge in [0.2, 0.25) is 5.91 Å². The van der Waals surface area contributed by atoms with E-state index in [2.05, 4.69) is 0 Å². The summed E-state index contributed by atoms with van der Waals surface area (Å²) in [5, 5.41) is 0. The van der Waals surface area contributed by atoms with Gasteiger partial charge >= 0.3 is 0 Å². The Morgan fingerprint density at radius 2 is 1.69 bits per heavy atom. The van der Waals surface area contributed by atoms with Crippen LogP contribution in [0, 0.1) is 0 Å². The molecule has 3 aliphatic rings. The van der Waals surface area contributed by atoms with Crippen LogP contribution < -0.4 is 5.73 Å². The molecule has 4 atom stereocenters. The average molecular weight is 501 g/mol. The molecule has 0 bridgehead atoms. The second-order valence-electron chi connectivity index (χ2n) is 9.27. The first-order valence-electron chi connectivity index (χ1n) is 11.3. The third kappa shape index (κ3) is 3.68. The van der Waals surface area contributed by atoms with E-state index < -0.39 is 45.8 Å². The molecule has 3 aliphatic heterocycles. The van der Waals surface area contributed by atoms with Gasteiger partial charge in [-0.05, 0) is 25.0 Å². The van der Waals surface area contributed by atoms with Crippen molar-refractivity contribution in [2.45, 2.75) is 57.2 Å². The summed E-state index contributed by atoms with van der Waals surface area (Å²) >= 11 is 0. The maximum absolute atomic E-state index is 13.9. The van der Waals surface area contributed by atoms with Gasteiger partial charge in [-0.25, -0.2) is 12.7 Å². The molecule has 1 spiro atoms. The molecule has 0 radical (unpaired) electrons. The minimum atomic E-state index is -4.34. The Kier molecular flexibility index (Phi) is 5.77. The number of nitrogens with zero attached hydrogens (tertiary/aromatic N) is 1. The molecule has 2 aromatic rings. The summed E-state index contributed by atoms with van der Waals surface area (Å²) in [4.78, 5) is 12.9. The van der Waals surface area contributed by atoms with E-state index in [1.165, 1.54) is 6.92 Å². The SMILES string of the molecule is CC(=O)N1[C@]2(C(N)=C(c3ccccc3)S1(=O)=O)[C@@H](COCc1ccccc1)O[C@@H]1OC(C)(C)O[C@@H]12. The lowest BCUT2D eigenvalue weighted by Crippen LogP contribution is -2.64. The van der Waals surface area contributed by atoms with Crippen molar-refractivity contribution < 1.29 is 32.2 Å². The molecule has 5 rings (SSSR count). The molecule has 2 saturated heterocycles. The number of hydrogen-bond acceptors (Lipinski definition) is 8. The maximum Gasteiger partial charge on any atom is 0.269 e. The molecular weight excluding hydrogens is 472 g/mol. The minimum absolute atomic E-state index is 0.0268. The molecule has 9 nitrogen and oxygen atoms in total. The number of carbonyl (C=O) groups excluding carboxylic acids is 1. The summed E-state index contributed by atoms with van der Waals surface area (Å²) in [6, 6.07) is 18.0. The average Bonchev–Trinajstić information content (AvgIpc) is 3.32. The van der Waals surface area contributed by atoms with Crippen LogP contribution in [-0.4, -0.2) is 55.1 Å². The van der Waals surface area contributed by atoms with Crippen molar-refractivity contribution in [3.63, 3.8) is 0 Å². The summed E-state index contributed by atoms with van der Waals surface area (Å²) in [6.45, 7) is 4.81. The van der Waals surface area contributed by atoms with Crippen molar-refractivity contribution in [3.05, 3.63) is 77.5 Å². The maximum atomic E-state index is 13.9. The lowest BCUT2D eigenvalue weighted by Gasteiger charge is -2.40. The number of nitrogens with two attached hydrogens (primary N) is 1. The van der Waals surface area contributed by atoms with Crippen molar-refractivity contribution in [2.24, 2.45) is 5.73 Å². The molecule has 1 amide bonds. The Morgan fingerprint density at radius 3 is 2.31 bits per heavy atom. The third-order valence-corrected chi connectivity index (χ3v) is 8.51. The van der Waals surface area contributed by atoms with Crippen molar-refractivity contribution in [1.82, 2.24) is 4.31 Å². The van der Waals surface area contributed by atoms with Gasteiger partial charge in [-0.1, -0.05) is 60.7 Å². The standard InChI is InChI=1S/C25H28N2O7S/c1-16(28)27-25(21(26)20(35(27,29)30)18-12-8-5-9-13-18)19(15-31-14-17-10-6-4-7-11-17)32-23-22(25)33-24(2,3)34-23/h4-13,19,22-23H,14-15,26H2,1-3H3/t19-,22+,23-,25+/m1/s1. The predicted octanol–water partition coefficient (Wildman–Crippen LogP) is 2.34.